The summed E-state index contributed by atoms with van der Waals surface area (Å²) in [7, 11) is 0. The average Bonchev–Trinajstić information content (AvgIpc) is 3.06. The standard InChI is InChI=1S/C16H12ClF2N3O2/c1-9(18)15-21-22-16(24-15)10-2-4-12(20-7-10)8-23-14-6-11(17)3-5-13(14)19/h2-7,9H,8H2,1H3. The van der Waals surface area contributed by atoms with Crippen molar-refractivity contribution in [2.75, 3.05) is 0 Å². The molecule has 0 aliphatic heterocycles. The Morgan fingerprint density at radius 2 is 2.08 bits per heavy atom. The summed E-state index contributed by atoms with van der Waals surface area (Å²) in [4.78, 5) is 4.17. The van der Waals surface area contributed by atoms with Crippen LogP contribution in [0.5, 0.6) is 5.75 Å². The van der Waals surface area contributed by atoms with Crippen LogP contribution in [0.3, 0.4) is 0 Å². The SMILES string of the molecule is CC(F)c1nnc(-c2ccc(COc3cc(Cl)ccc3F)nc2)o1. The van der Waals surface area contributed by atoms with Gasteiger partial charge >= 0.3 is 0 Å². The van der Waals surface area contributed by atoms with E-state index >= 15 is 0 Å². The van der Waals surface area contributed by atoms with Crippen LogP contribution in [-0.4, -0.2) is 15.2 Å². The highest BCUT2D eigenvalue weighted by Crippen LogP contribution is 2.24. The Bertz CT molecular complexity index is 838. The van der Waals surface area contributed by atoms with Crippen molar-refractivity contribution >= 4 is 11.6 Å². The Labute approximate surface area is 141 Å². The Morgan fingerprint density at radius 3 is 2.75 bits per heavy atom. The van der Waals surface area contributed by atoms with Gasteiger partial charge in [0.05, 0.1) is 11.3 Å². The van der Waals surface area contributed by atoms with Crippen molar-refractivity contribution in [1.29, 1.82) is 0 Å². The van der Waals surface area contributed by atoms with Crippen molar-refractivity contribution in [3.63, 3.8) is 0 Å². The molecule has 5 nitrogen and oxygen atoms in total. The molecular formula is C16H12ClF2N3O2. The lowest BCUT2D eigenvalue weighted by Gasteiger charge is -2.07. The molecule has 0 saturated heterocycles. The first-order valence-electron chi connectivity index (χ1n) is 7.03. The van der Waals surface area contributed by atoms with Crippen LogP contribution in [0.2, 0.25) is 5.02 Å². The number of pyridine rings is 1. The zero-order valence-corrected chi connectivity index (χ0v) is 13.3. The zero-order chi connectivity index (χ0) is 17.1. The summed E-state index contributed by atoms with van der Waals surface area (Å²) in [6.45, 7) is 1.37. The molecule has 8 heteroatoms. The number of hydrogen-bond donors (Lipinski definition) is 0. The first-order valence-corrected chi connectivity index (χ1v) is 7.41. The fourth-order valence-corrected chi connectivity index (χ4v) is 2.05. The molecule has 3 aromatic rings. The molecule has 0 aliphatic carbocycles. The third kappa shape index (κ3) is 3.68. The van der Waals surface area contributed by atoms with Gasteiger partial charge in [-0.05, 0) is 31.2 Å². The Hall–Kier alpha value is -2.54. The second-order valence-corrected chi connectivity index (χ2v) is 5.40. The fourth-order valence-electron chi connectivity index (χ4n) is 1.89. The van der Waals surface area contributed by atoms with Gasteiger partial charge in [0, 0.05) is 17.3 Å². The molecule has 24 heavy (non-hydrogen) atoms. The van der Waals surface area contributed by atoms with Gasteiger partial charge in [-0.2, -0.15) is 0 Å². The molecule has 1 aromatic carbocycles. The Morgan fingerprint density at radius 1 is 1.25 bits per heavy atom. The number of halogens is 3. The van der Waals surface area contributed by atoms with Gasteiger partial charge in [0.2, 0.25) is 5.89 Å². The van der Waals surface area contributed by atoms with Crippen LogP contribution in [0, 0.1) is 5.82 Å². The molecule has 0 fully saturated rings. The minimum atomic E-state index is -1.33. The Balaban J connectivity index is 1.69. The minimum Gasteiger partial charge on any atom is -0.484 e. The second kappa shape index (κ2) is 6.92. The third-order valence-electron chi connectivity index (χ3n) is 3.12. The van der Waals surface area contributed by atoms with Crippen molar-refractivity contribution in [3.05, 3.63) is 59.0 Å². The van der Waals surface area contributed by atoms with E-state index in [9.17, 15) is 8.78 Å². The van der Waals surface area contributed by atoms with E-state index < -0.39 is 12.0 Å². The number of benzene rings is 1. The summed E-state index contributed by atoms with van der Waals surface area (Å²) in [6, 6.07) is 7.41. The Kier molecular flexibility index (Phi) is 4.71. The monoisotopic (exact) mass is 351 g/mol. The number of alkyl halides is 1. The molecule has 124 valence electrons. The predicted molar refractivity (Wildman–Crippen MR) is 82.8 cm³/mol. The van der Waals surface area contributed by atoms with Crippen molar-refractivity contribution < 1.29 is 17.9 Å². The van der Waals surface area contributed by atoms with Gasteiger partial charge in [-0.3, -0.25) is 4.98 Å². The molecule has 0 radical (unpaired) electrons. The summed E-state index contributed by atoms with van der Waals surface area (Å²) in [5.74, 6) is -0.370. The quantitative estimate of drug-likeness (QED) is 0.675. The highest BCUT2D eigenvalue weighted by atomic mass is 35.5. The van der Waals surface area contributed by atoms with Crippen molar-refractivity contribution in [1.82, 2.24) is 15.2 Å². The first-order chi connectivity index (χ1) is 11.5. The zero-order valence-electron chi connectivity index (χ0n) is 12.5. The summed E-state index contributed by atoms with van der Waals surface area (Å²) in [6.07, 6.45) is 0.159. The van der Waals surface area contributed by atoms with E-state index in [1.54, 1.807) is 12.1 Å². The molecule has 0 bridgehead atoms. The highest BCUT2D eigenvalue weighted by Gasteiger charge is 2.14. The molecule has 0 aliphatic rings. The van der Waals surface area contributed by atoms with Crippen molar-refractivity contribution in [2.45, 2.75) is 19.7 Å². The van der Waals surface area contributed by atoms with Crippen LogP contribution in [0.1, 0.15) is 24.7 Å². The largest absolute Gasteiger partial charge is 0.484 e. The lowest BCUT2D eigenvalue weighted by molar-refractivity contribution is 0.286. The molecule has 0 amide bonds. The van der Waals surface area contributed by atoms with Crippen LogP contribution >= 0.6 is 11.6 Å². The molecule has 3 rings (SSSR count). The van der Waals surface area contributed by atoms with E-state index in [1.165, 1.54) is 31.3 Å². The molecule has 1 atom stereocenters. The van der Waals surface area contributed by atoms with Gasteiger partial charge in [-0.15, -0.1) is 10.2 Å². The normalized spacial score (nSPS) is 12.2. The van der Waals surface area contributed by atoms with Crippen LogP contribution in [0.25, 0.3) is 11.5 Å². The van der Waals surface area contributed by atoms with Gasteiger partial charge in [-0.1, -0.05) is 11.6 Å². The molecule has 0 N–H and O–H groups in total. The molecule has 1 unspecified atom stereocenters. The van der Waals surface area contributed by atoms with Gasteiger partial charge in [-0.25, -0.2) is 8.78 Å². The topological polar surface area (TPSA) is 61.0 Å². The number of aromatic nitrogens is 3. The van der Waals surface area contributed by atoms with E-state index in [0.717, 1.165) is 0 Å². The van der Waals surface area contributed by atoms with Crippen LogP contribution in [-0.2, 0) is 6.61 Å². The molecular weight excluding hydrogens is 340 g/mol. The van der Waals surface area contributed by atoms with E-state index in [1.807, 2.05) is 0 Å². The molecule has 0 spiro atoms. The number of ether oxygens (including phenoxy) is 1. The molecule has 2 heterocycles. The molecule has 0 saturated carbocycles. The number of nitrogens with zero attached hydrogens (tertiary/aromatic N) is 3. The maximum Gasteiger partial charge on any atom is 0.250 e. The number of rotatable bonds is 5. The summed E-state index contributed by atoms with van der Waals surface area (Å²) in [5, 5.41) is 7.75. The second-order valence-electron chi connectivity index (χ2n) is 4.96. The summed E-state index contributed by atoms with van der Waals surface area (Å²) >= 11 is 5.80. The smallest absolute Gasteiger partial charge is 0.250 e. The van der Waals surface area contributed by atoms with E-state index in [2.05, 4.69) is 15.2 Å². The van der Waals surface area contributed by atoms with E-state index in [-0.39, 0.29) is 24.1 Å². The van der Waals surface area contributed by atoms with Crippen LogP contribution in [0.4, 0.5) is 8.78 Å². The maximum atomic E-state index is 13.6. The van der Waals surface area contributed by atoms with Crippen LogP contribution in [0.15, 0.2) is 40.9 Å². The van der Waals surface area contributed by atoms with Gasteiger partial charge in [0.1, 0.15) is 6.61 Å². The van der Waals surface area contributed by atoms with Crippen LogP contribution < -0.4 is 4.74 Å². The number of hydrogen-bond acceptors (Lipinski definition) is 5. The van der Waals surface area contributed by atoms with Gasteiger partial charge in [0.25, 0.3) is 5.89 Å². The van der Waals surface area contributed by atoms with E-state index in [4.69, 9.17) is 20.8 Å². The average molecular weight is 352 g/mol. The first kappa shape index (κ1) is 16.3. The van der Waals surface area contributed by atoms with E-state index in [0.29, 0.717) is 16.3 Å². The van der Waals surface area contributed by atoms with Crippen molar-refractivity contribution in [3.8, 4) is 17.2 Å². The highest BCUT2D eigenvalue weighted by molar-refractivity contribution is 6.30. The summed E-state index contributed by atoms with van der Waals surface area (Å²) < 4.78 is 37.2. The van der Waals surface area contributed by atoms with Crippen molar-refractivity contribution in [2.24, 2.45) is 0 Å². The minimum absolute atomic E-state index is 0.0480. The lowest BCUT2D eigenvalue weighted by atomic mass is 10.2. The third-order valence-corrected chi connectivity index (χ3v) is 3.36. The van der Waals surface area contributed by atoms with Gasteiger partial charge in [0.15, 0.2) is 17.7 Å². The lowest BCUT2D eigenvalue weighted by Crippen LogP contribution is -1.99. The fraction of sp³-hybridized carbons (Fsp3) is 0.188. The maximum absolute atomic E-state index is 13.6. The van der Waals surface area contributed by atoms with Gasteiger partial charge < -0.3 is 9.15 Å². The summed E-state index contributed by atoms with van der Waals surface area (Å²) in [5.41, 5.74) is 1.11. The predicted octanol–water partition coefficient (Wildman–Crippen LogP) is 4.53. The molecule has 2 aromatic heterocycles.